The van der Waals surface area contributed by atoms with E-state index in [1.807, 2.05) is 18.7 Å². The van der Waals surface area contributed by atoms with Crippen molar-refractivity contribution in [1.29, 1.82) is 0 Å². The van der Waals surface area contributed by atoms with Crippen molar-refractivity contribution in [2.24, 2.45) is 10.3 Å². The molecule has 2 aliphatic heterocycles. The normalized spacial score (nSPS) is 20.7. The van der Waals surface area contributed by atoms with E-state index in [-0.39, 0.29) is 46.6 Å². The van der Waals surface area contributed by atoms with Crippen molar-refractivity contribution in [3.63, 3.8) is 0 Å². The van der Waals surface area contributed by atoms with Gasteiger partial charge < -0.3 is 20.0 Å². The molecule has 2 aliphatic rings. The molecule has 4 rings (SSSR count). The highest BCUT2D eigenvalue weighted by Gasteiger charge is 2.34. The summed E-state index contributed by atoms with van der Waals surface area (Å²) in [6, 6.07) is 8.05. The molecule has 0 bridgehead atoms. The number of anilines is 1. The van der Waals surface area contributed by atoms with Gasteiger partial charge in [-0.1, -0.05) is 17.3 Å². The predicted molar refractivity (Wildman–Crippen MR) is 150 cm³/mol. The standard InChI is InChI=1S/C26H29F2N7O4S/c1-15-13-33(26(40)31-30-11-18-6-4-5-7-24(18)35(37)38)14-16(2)34(15)25-21(27)8-19(9-22(25)28)23-10-20(39-32-23)12-29-17(3)36/h4-9,11,15-16,20H,10,12-14H2,1-3H3,(H,29,36)(H,31,40)/b30-11-. The number of hydrogen-bond donors (Lipinski definition) is 2. The fraction of sp³-hybridized carbons (Fsp3) is 0.385. The molecule has 2 N–H and O–H groups in total. The van der Waals surface area contributed by atoms with Gasteiger partial charge in [0.2, 0.25) is 5.91 Å². The molecule has 40 heavy (non-hydrogen) atoms. The van der Waals surface area contributed by atoms with E-state index in [0.717, 1.165) is 0 Å². The van der Waals surface area contributed by atoms with Gasteiger partial charge in [0.15, 0.2) is 5.11 Å². The molecular formula is C26H29F2N7O4S. The Morgan fingerprint density at radius 2 is 1.90 bits per heavy atom. The van der Waals surface area contributed by atoms with Gasteiger partial charge in [-0.05, 0) is 44.3 Å². The van der Waals surface area contributed by atoms with Crippen LogP contribution in [0.4, 0.5) is 20.2 Å². The zero-order valence-electron chi connectivity index (χ0n) is 22.1. The van der Waals surface area contributed by atoms with Crippen LogP contribution in [0.1, 0.15) is 38.3 Å². The molecule has 1 fully saturated rings. The maximum atomic E-state index is 15.4. The molecule has 2 heterocycles. The molecule has 3 atom stereocenters. The first-order valence-corrected chi connectivity index (χ1v) is 13.0. The average Bonchev–Trinajstić information content (AvgIpc) is 3.37. The number of carbonyl (C=O) groups is 1. The highest BCUT2D eigenvalue weighted by Crippen LogP contribution is 2.32. The minimum atomic E-state index is -0.718. The molecule has 212 valence electrons. The van der Waals surface area contributed by atoms with E-state index in [0.29, 0.717) is 30.8 Å². The number of nitro groups is 1. The Balaban J connectivity index is 1.41. The number of oxime groups is 1. The van der Waals surface area contributed by atoms with E-state index >= 15 is 8.78 Å². The Labute approximate surface area is 235 Å². The molecule has 1 saturated heterocycles. The lowest BCUT2D eigenvalue weighted by Crippen LogP contribution is -2.60. The highest BCUT2D eigenvalue weighted by atomic mass is 32.1. The van der Waals surface area contributed by atoms with Crippen LogP contribution in [0.3, 0.4) is 0 Å². The fourth-order valence-electron chi connectivity index (χ4n) is 4.86. The molecule has 11 nitrogen and oxygen atoms in total. The van der Waals surface area contributed by atoms with Crippen molar-refractivity contribution in [1.82, 2.24) is 15.6 Å². The summed E-state index contributed by atoms with van der Waals surface area (Å²) in [5.74, 6) is -1.64. The highest BCUT2D eigenvalue weighted by molar-refractivity contribution is 7.80. The quantitative estimate of drug-likeness (QED) is 0.224. The summed E-state index contributed by atoms with van der Waals surface area (Å²) < 4.78 is 30.7. The van der Waals surface area contributed by atoms with Crippen molar-refractivity contribution in [3.05, 3.63) is 69.3 Å². The number of nitrogens with one attached hydrogen (secondary N) is 2. The molecular weight excluding hydrogens is 544 g/mol. The third kappa shape index (κ3) is 6.50. The lowest BCUT2D eigenvalue weighted by Gasteiger charge is -2.46. The van der Waals surface area contributed by atoms with Gasteiger partial charge in [-0.2, -0.15) is 5.10 Å². The number of halogens is 2. The maximum absolute atomic E-state index is 15.4. The zero-order chi connectivity index (χ0) is 29.0. The number of hydrazone groups is 1. The van der Waals surface area contributed by atoms with Crippen molar-refractivity contribution in [2.75, 3.05) is 24.5 Å². The number of piperazine rings is 1. The Hall–Kier alpha value is -4.20. The SMILES string of the molecule is CC(=O)NCC1CC(c2cc(F)c(N3C(C)CN(C(=S)N/N=C\c4ccccc4[N+](=O)[O-])CC3C)c(F)c2)=NO1. The number of benzene rings is 2. The van der Waals surface area contributed by atoms with Gasteiger partial charge in [-0.15, -0.1) is 0 Å². The van der Waals surface area contributed by atoms with Gasteiger partial charge in [0, 0.05) is 50.1 Å². The third-order valence-electron chi connectivity index (χ3n) is 6.62. The largest absolute Gasteiger partial charge is 0.390 e. The van der Waals surface area contributed by atoms with Crippen LogP contribution in [0.15, 0.2) is 46.7 Å². The predicted octanol–water partition coefficient (Wildman–Crippen LogP) is 3.31. The summed E-state index contributed by atoms with van der Waals surface area (Å²) in [7, 11) is 0. The summed E-state index contributed by atoms with van der Waals surface area (Å²) in [5.41, 5.74) is 3.53. The zero-order valence-corrected chi connectivity index (χ0v) is 23.0. The number of carbonyl (C=O) groups excluding carboxylic acids is 1. The smallest absolute Gasteiger partial charge is 0.278 e. The van der Waals surface area contributed by atoms with Crippen LogP contribution in [0.2, 0.25) is 0 Å². The molecule has 0 radical (unpaired) electrons. The van der Waals surface area contributed by atoms with Crippen LogP contribution in [-0.4, -0.2) is 70.6 Å². The van der Waals surface area contributed by atoms with Crippen molar-refractivity contribution in [2.45, 2.75) is 45.4 Å². The average molecular weight is 574 g/mol. The van der Waals surface area contributed by atoms with Gasteiger partial charge in [0.25, 0.3) is 5.69 Å². The van der Waals surface area contributed by atoms with Crippen LogP contribution in [0.25, 0.3) is 0 Å². The van der Waals surface area contributed by atoms with E-state index in [4.69, 9.17) is 17.1 Å². The van der Waals surface area contributed by atoms with Crippen LogP contribution >= 0.6 is 12.2 Å². The summed E-state index contributed by atoms with van der Waals surface area (Å²) >= 11 is 5.46. The van der Waals surface area contributed by atoms with E-state index in [1.54, 1.807) is 23.1 Å². The Morgan fingerprint density at radius 3 is 2.52 bits per heavy atom. The molecule has 2 aromatic rings. The summed E-state index contributed by atoms with van der Waals surface area (Å²) in [4.78, 5) is 30.6. The monoisotopic (exact) mass is 573 g/mol. The second-order valence-corrected chi connectivity index (χ2v) is 10.1. The maximum Gasteiger partial charge on any atom is 0.278 e. The van der Waals surface area contributed by atoms with Gasteiger partial charge in [-0.3, -0.25) is 20.3 Å². The van der Waals surface area contributed by atoms with Crippen LogP contribution in [0.5, 0.6) is 0 Å². The topological polar surface area (TPSA) is 125 Å². The molecule has 0 aromatic heterocycles. The molecule has 2 aromatic carbocycles. The Kier molecular flexibility index (Phi) is 8.87. The van der Waals surface area contributed by atoms with Crippen LogP contribution < -0.4 is 15.6 Å². The molecule has 0 saturated carbocycles. The molecule has 3 unspecified atom stereocenters. The molecule has 0 aliphatic carbocycles. The third-order valence-corrected chi connectivity index (χ3v) is 6.97. The van der Waals surface area contributed by atoms with Crippen molar-refractivity contribution in [3.8, 4) is 0 Å². The van der Waals surface area contributed by atoms with Crippen LogP contribution in [0, 0.1) is 21.7 Å². The summed E-state index contributed by atoms with van der Waals surface area (Å²) in [5, 5.41) is 22.1. The van der Waals surface area contributed by atoms with E-state index in [9.17, 15) is 14.9 Å². The Morgan fingerprint density at radius 1 is 1.25 bits per heavy atom. The first-order chi connectivity index (χ1) is 19.0. The molecule has 1 amide bonds. The number of nitrogens with zero attached hydrogens (tertiary/aromatic N) is 5. The second kappa shape index (κ2) is 12.3. The van der Waals surface area contributed by atoms with Crippen molar-refractivity contribution < 1.29 is 23.3 Å². The molecule has 14 heteroatoms. The minimum Gasteiger partial charge on any atom is -0.390 e. The number of hydrogen-bond acceptors (Lipinski definition) is 8. The number of amides is 1. The van der Waals surface area contributed by atoms with Gasteiger partial charge in [-0.25, -0.2) is 8.78 Å². The lowest BCUT2D eigenvalue weighted by atomic mass is 10.0. The van der Waals surface area contributed by atoms with Crippen molar-refractivity contribution >= 4 is 46.5 Å². The first-order valence-electron chi connectivity index (χ1n) is 12.6. The number of para-hydroxylation sites is 1. The summed E-state index contributed by atoms with van der Waals surface area (Å²) in [6.07, 6.45) is 1.23. The summed E-state index contributed by atoms with van der Waals surface area (Å²) in [6.45, 7) is 6.05. The Bertz CT molecular complexity index is 1340. The van der Waals surface area contributed by atoms with Gasteiger partial charge >= 0.3 is 0 Å². The minimum absolute atomic E-state index is 0.0813. The first kappa shape index (κ1) is 28.8. The van der Waals surface area contributed by atoms with E-state index < -0.39 is 22.7 Å². The van der Waals surface area contributed by atoms with E-state index in [1.165, 1.54) is 31.3 Å². The van der Waals surface area contributed by atoms with Gasteiger partial charge in [0.1, 0.15) is 23.4 Å². The lowest BCUT2D eigenvalue weighted by molar-refractivity contribution is -0.385. The molecule has 0 spiro atoms. The number of thiocarbonyl (C=S) groups is 1. The fourth-order valence-corrected chi connectivity index (χ4v) is 5.07. The van der Waals surface area contributed by atoms with Gasteiger partial charge in [0.05, 0.1) is 29.0 Å². The number of rotatable bonds is 7. The number of nitro benzene ring substituents is 1. The van der Waals surface area contributed by atoms with E-state index in [2.05, 4.69) is 21.0 Å². The van der Waals surface area contributed by atoms with Crippen LogP contribution in [-0.2, 0) is 9.63 Å². The second-order valence-electron chi connectivity index (χ2n) is 9.70.